The summed E-state index contributed by atoms with van der Waals surface area (Å²) in [5.74, 6) is 0. The van der Waals surface area contributed by atoms with Gasteiger partial charge in [-0.1, -0.05) is 13.8 Å². The molecule has 0 aliphatic carbocycles. The minimum absolute atomic E-state index is 0.266. The topological polar surface area (TPSA) is 29.4 Å². The van der Waals surface area contributed by atoms with E-state index >= 15 is 0 Å². The van der Waals surface area contributed by atoms with Crippen LogP contribution in [0, 0.1) is 5.41 Å². The van der Waals surface area contributed by atoms with E-state index in [0.717, 1.165) is 20.1 Å². The van der Waals surface area contributed by atoms with Crippen LogP contribution in [0.25, 0.3) is 0 Å². The Morgan fingerprint density at radius 3 is 1.88 bits per heavy atom. The van der Waals surface area contributed by atoms with Gasteiger partial charge in [0, 0.05) is 6.21 Å². The van der Waals surface area contributed by atoms with Gasteiger partial charge in [-0.3, -0.25) is 0 Å². The molecular weight excluding hydrogens is 239 g/mol. The molecule has 0 radical (unpaired) electrons. The molecule has 0 bridgehead atoms. The van der Waals surface area contributed by atoms with Crippen LogP contribution in [0.3, 0.4) is 0 Å². The van der Waals surface area contributed by atoms with Gasteiger partial charge >= 0.3 is 6.18 Å². The molecule has 0 N–H and O–H groups in total. The molecule has 6 heteroatoms. The summed E-state index contributed by atoms with van der Waals surface area (Å²) in [6.07, 6.45) is -3.44. The highest BCUT2D eigenvalue weighted by molar-refractivity contribution is 7.85. The normalized spacial score (nSPS) is 16.8. The van der Waals surface area contributed by atoms with E-state index in [2.05, 4.69) is 4.40 Å². The molecule has 0 aromatic heterocycles. The minimum atomic E-state index is -4.28. The second-order valence-electron chi connectivity index (χ2n) is 5.24. The van der Waals surface area contributed by atoms with Crippen molar-refractivity contribution < 1.29 is 17.4 Å². The Labute approximate surface area is 96.9 Å². The molecule has 0 unspecified atom stereocenters. The van der Waals surface area contributed by atoms with Crippen LogP contribution in [-0.2, 0) is 11.0 Å². The third kappa shape index (κ3) is 4.63. The van der Waals surface area contributed by atoms with E-state index in [1.807, 2.05) is 0 Å². The molecule has 16 heavy (non-hydrogen) atoms. The number of halogens is 3. The quantitative estimate of drug-likeness (QED) is 0.711. The van der Waals surface area contributed by atoms with Gasteiger partial charge in [-0.2, -0.15) is 17.6 Å². The minimum Gasteiger partial charge on any atom is -0.234 e. The maximum atomic E-state index is 12.5. The SMILES string of the molecule is CC(C)(C)[S@@](=O)/N=C\CC(C)(C)C(F)(F)F. The first kappa shape index (κ1) is 15.6. The Bertz CT molecular complexity index is 289. The van der Waals surface area contributed by atoms with Crippen molar-refractivity contribution in [3.63, 3.8) is 0 Å². The van der Waals surface area contributed by atoms with Gasteiger partial charge in [0.1, 0.15) is 11.0 Å². The van der Waals surface area contributed by atoms with Crippen molar-refractivity contribution >= 4 is 17.2 Å². The van der Waals surface area contributed by atoms with E-state index in [0.29, 0.717) is 0 Å². The largest absolute Gasteiger partial charge is 0.394 e. The average Bonchev–Trinajstić information content (AvgIpc) is 1.99. The first-order chi connectivity index (χ1) is 6.88. The molecule has 0 aliphatic rings. The van der Waals surface area contributed by atoms with E-state index in [1.165, 1.54) is 0 Å². The van der Waals surface area contributed by atoms with E-state index in [9.17, 15) is 17.4 Å². The molecular formula is C10H18F3NOS. The van der Waals surface area contributed by atoms with Crippen LogP contribution in [-0.4, -0.2) is 21.3 Å². The van der Waals surface area contributed by atoms with Crippen LogP contribution >= 0.6 is 0 Å². The standard InChI is InChI=1S/C10H18F3NOS/c1-8(2,3)16(15)14-7-6-9(4,5)10(11,12)13/h7H,6H2,1-5H3/b14-7-/t16-/m1/s1. The molecule has 0 aliphatic heterocycles. The van der Waals surface area contributed by atoms with Gasteiger partial charge in [0.15, 0.2) is 0 Å². The number of hydrogen-bond donors (Lipinski definition) is 0. The predicted octanol–water partition coefficient (Wildman–Crippen LogP) is 3.50. The summed E-state index contributed by atoms with van der Waals surface area (Å²) in [6, 6.07) is 0. The van der Waals surface area contributed by atoms with Gasteiger partial charge in [0.05, 0.1) is 10.2 Å². The maximum Gasteiger partial charge on any atom is 0.394 e. The van der Waals surface area contributed by atoms with Crippen LogP contribution in [0.4, 0.5) is 13.2 Å². The zero-order valence-electron chi connectivity index (χ0n) is 10.2. The highest BCUT2D eigenvalue weighted by Gasteiger charge is 2.46. The lowest BCUT2D eigenvalue weighted by Gasteiger charge is -2.25. The molecule has 0 saturated heterocycles. The molecule has 0 heterocycles. The second kappa shape index (κ2) is 4.85. The Hall–Kier alpha value is -0.390. The van der Waals surface area contributed by atoms with E-state index in [1.54, 1.807) is 20.8 Å². The Kier molecular flexibility index (Phi) is 4.74. The van der Waals surface area contributed by atoms with Gasteiger partial charge < -0.3 is 0 Å². The lowest BCUT2D eigenvalue weighted by molar-refractivity contribution is -0.208. The van der Waals surface area contributed by atoms with Crippen molar-refractivity contribution in [1.29, 1.82) is 0 Å². The molecule has 0 amide bonds. The average molecular weight is 257 g/mol. The van der Waals surface area contributed by atoms with Crippen LogP contribution in [0.15, 0.2) is 4.40 Å². The number of nitrogens with zero attached hydrogens (tertiary/aromatic N) is 1. The van der Waals surface area contributed by atoms with Gasteiger partial charge in [-0.05, 0) is 27.2 Å². The summed E-state index contributed by atoms with van der Waals surface area (Å²) >= 11 is 0. The third-order valence-corrected chi connectivity index (χ3v) is 3.45. The first-order valence-corrected chi connectivity index (χ1v) is 6.00. The fourth-order valence-electron chi connectivity index (χ4n) is 0.607. The molecule has 0 fully saturated rings. The molecule has 0 aromatic carbocycles. The summed E-state index contributed by atoms with van der Waals surface area (Å²) in [7, 11) is -1.50. The lowest BCUT2D eigenvalue weighted by atomic mass is 9.89. The van der Waals surface area contributed by atoms with E-state index in [4.69, 9.17) is 0 Å². The van der Waals surface area contributed by atoms with Crippen molar-refractivity contribution in [2.24, 2.45) is 9.81 Å². The molecule has 1 atom stereocenters. The Morgan fingerprint density at radius 2 is 1.56 bits per heavy atom. The van der Waals surface area contributed by atoms with Crippen molar-refractivity contribution in [3.8, 4) is 0 Å². The lowest BCUT2D eigenvalue weighted by Crippen LogP contribution is -2.32. The van der Waals surface area contributed by atoms with Gasteiger partial charge in [-0.25, -0.2) is 4.21 Å². The molecule has 0 rings (SSSR count). The number of hydrogen-bond acceptors (Lipinski definition) is 1. The molecule has 0 saturated carbocycles. The van der Waals surface area contributed by atoms with Crippen LogP contribution in [0.2, 0.25) is 0 Å². The Balaban J connectivity index is 4.48. The fraction of sp³-hybridized carbons (Fsp3) is 0.900. The van der Waals surface area contributed by atoms with E-state index < -0.39 is 27.3 Å². The first-order valence-electron chi connectivity index (χ1n) is 4.89. The van der Waals surface area contributed by atoms with Crippen LogP contribution < -0.4 is 0 Å². The summed E-state index contributed by atoms with van der Waals surface area (Å²) in [6.45, 7) is 7.35. The zero-order chi connectivity index (χ0) is 13.2. The van der Waals surface area contributed by atoms with E-state index in [-0.39, 0.29) is 6.42 Å². The highest BCUT2D eigenvalue weighted by atomic mass is 32.2. The zero-order valence-corrected chi connectivity index (χ0v) is 11.0. The van der Waals surface area contributed by atoms with Crippen LogP contribution in [0.1, 0.15) is 41.0 Å². The smallest absolute Gasteiger partial charge is 0.234 e. The van der Waals surface area contributed by atoms with Crippen molar-refractivity contribution in [2.75, 3.05) is 0 Å². The predicted molar refractivity (Wildman–Crippen MR) is 60.8 cm³/mol. The fourth-order valence-corrected chi connectivity index (χ4v) is 1.13. The molecule has 0 aromatic rings. The summed E-state index contributed by atoms with van der Waals surface area (Å²) in [4.78, 5) is 0. The highest BCUT2D eigenvalue weighted by Crippen LogP contribution is 2.39. The number of alkyl halides is 3. The Morgan fingerprint density at radius 1 is 1.12 bits per heavy atom. The summed E-state index contributed by atoms with van der Waals surface area (Å²) in [5.41, 5.74) is -1.83. The van der Waals surface area contributed by atoms with Crippen molar-refractivity contribution in [1.82, 2.24) is 0 Å². The molecule has 96 valence electrons. The van der Waals surface area contributed by atoms with Gasteiger partial charge in [-0.15, -0.1) is 0 Å². The molecule has 0 spiro atoms. The van der Waals surface area contributed by atoms with Crippen molar-refractivity contribution in [3.05, 3.63) is 0 Å². The van der Waals surface area contributed by atoms with Crippen LogP contribution in [0.5, 0.6) is 0 Å². The van der Waals surface area contributed by atoms with Gasteiger partial charge in [0.2, 0.25) is 0 Å². The summed E-state index contributed by atoms with van der Waals surface area (Å²) < 4.78 is 51.9. The second-order valence-corrected chi connectivity index (χ2v) is 7.17. The maximum absolute atomic E-state index is 12.5. The molecule has 2 nitrogen and oxygen atoms in total. The monoisotopic (exact) mass is 257 g/mol. The van der Waals surface area contributed by atoms with Crippen molar-refractivity contribution in [2.45, 2.75) is 52.0 Å². The van der Waals surface area contributed by atoms with Gasteiger partial charge in [0.25, 0.3) is 0 Å². The third-order valence-electron chi connectivity index (χ3n) is 2.06. The summed E-state index contributed by atoms with van der Waals surface area (Å²) in [5, 5.41) is 0. The number of rotatable bonds is 3.